The van der Waals surface area contributed by atoms with E-state index in [2.05, 4.69) is 4.57 Å². The van der Waals surface area contributed by atoms with Crippen molar-refractivity contribution in [1.82, 2.24) is 4.57 Å². The van der Waals surface area contributed by atoms with Crippen LogP contribution in [0, 0.1) is 15.9 Å². The molecule has 3 aromatic carbocycles. The molecule has 4 aromatic rings. The molecule has 5 heteroatoms. The van der Waals surface area contributed by atoms with Crippen molar-refractivity contribution in [1.29, 1.82) is 0 Å². The molecule has 0 fully saturated rings. The highest BCUT2D eigenvalue weighted by molar-refractivity contribution is 5.93. The maximum atomic E-state index is 13.5. The van der Waals surface area contributed by atoms with Crippen molar-refractivity contribution in [3.8, 4) is 11.3 Å². The second-order valence-corrected chi connectivity index (χ2v) is 6.82. The molecule has 0 radical (unpaired) electrons. The van der Waals surface area contributed by atoms with E-state index in [4.69, 9.17) is 0 Å². The number of benzene rings is 3. The van der Waals surface area contributed by atoms with Gasteiger partial charge in [-0.15, -0.1) is 0 Å². The van der Waals surface area contributed by atoms with Gasteiger partial charge in [0.2, 0.25) is 6.54 Å². The van der Waals surface area contributed by atoms with E-state index in [1.54, 1.807) is 12.1 Å². The fourth-order valence-corrected chi connectivity index (χ4v) is 3.93. The summed E-state index contributed by atoms with van der Waals surface area (Å²) in [5.41, 5.74) is 4.57. The van der Waals surface area contributed by atoms with Gasteiger partial charge in [0.1, 0.15) is 5.82 Å². The molecule has 0 aliphatic heterocycles. The standard InChI is InChI=1S/C23H19FN2O2/c1-25-21-10-6-5-9-19(21)22(23(25)17-7-3-2-4-8-17)20(15-26(27)28)16-11-13-18(24)14-12-16/h2-14,20H,15H2,1H3/t20-/m1/s1. The fourth-order valence-electron chi connectivity index (χ4n) is 3.93. The molecule has 0 spiro atoms. The lowest BCUT2D eigenvalue weighted by molar-refractivity contribution is -0.481. The van der Waals surface area contributed by atoms with Crippen molar-refractivity contribution in [2.45, 2.75) is 5.92 Å². The van der Waals surface area contributed by atoms with Gasteiger partial charge in [-0.3, -0.25) is 10.1 Å². The highest BCUT2D eigenvalue weighted by atomic mass is 19.1. The molecule has 0 aliphatic carbocycles. The normalized spacial score (nSPS) is 12.2. The van der Waals surface area contributed by atoms with Crippen LogP contribution in [0.5, 0.6) is 0 Å². The molecule has 0 N–H and O–H groups in total. The van der Waals surface area contributed by atoms with Crippen molar-refractivity contribution >= 4 is 10.9 Å². The molecule has 28 heavy (non-hydrogen) atoms. The minimum absolute atomic E-state index is 0.264. The summed E-state index contributed by atoms with van der Waals surface area (Å²) in [6, 6.07) is 23.8. The average molecular weight is 374 g/mol. The summed E-state index contributed by atoms with van der Waals surface area (Å²) in [6.45, 7) is -0.264. The molecule has 0 saturated heterocycles. The van der Waals surface area contributed by atoms with E-state index in [9.17, 15) is 14.5 Å². The van der Waals surface area contributed by atoms with E-state index in [0.29, 0.717) is 0 Å². The SMILES string of the molecule is Cn1c(-c2ccccc2)c([C@H](C[N+](=O)[O-])c2ccc(F)cc2)c2ccccc21. The van der Waals surface area contributed by atoms with Crippen LogP contribution in [0.1, 0.15) is 17.0 Å². The van der Waals surface area contributed by atoms with Crippen molar-refractivity contribution in [2.75, 3.05) is 6.54 Å². The van der Waals surface area contributed by atoms with Crippen LogP contribution >= 0.6 is 0 Å². The van der Waals surface area contributed by atoms with Gasteiger partial charge in [-0.1, -0.05) is 60.7 Å². The second kappa shape index (κ2) is 7.27. The second-order valence-electron chi connectivity index (χ2n) is 6.82. The van der Waals surface area contributed by atoms with Gasteiger partial charge in [-0.05, 0) is 34.9 Å². The van der Waals surface area contributed by atoms with Crippen molar-refractivity contribution < 1.29 is 9.31 Å². The van der Waals surface area contributed by atoms with Crippen LogP contribution in [0.4, 0.5) is 4.39 Å². The number of para-hydroxylation sites is 1. The first kappa shape index (κ1) is 17.9. The first-order valence-electron chi connectivity index (χ1n) is 9.06. The van der Waals surface area contributed by atoms with Gasteiger partial charge >= 0.3 is 0 Å². The molecule has 1 aromatic heterocycles. The number of halogens is 1. The van der Waals surface area contributed by atoms with Crippen LogP contribution in [0.25, 0.3) is 22.2 Å². The monoisotopic (exact) mass is 374 g/mol. The Kier molecular flexibility index (Phi) is 4.65. The van der Waals surface area contributed by atoms with E-state index in [0.717, 1.165) is 33.3 Å². The van der Waals surface area contributed by atoms with E-state index in [1.807, 2.05) is 61.6 Å². The Morgan fingerprint density at radius 3 is 2.29 bits per heavy atom. The van der Waals surface area contributed by atoms with Crippen LogP contribution in [-0.4, -0.2) is 16.0 Å². The first-order valence-corrected chi connectivity index (χ1v) is 9.06. The number of fused-ring (bicyclic) bond motifs is 1. The molecule has 4 rings (SSSR count). The highest BCUT2D eigenvalue weighted by Gasteiger charge is 2.28. The van der Waals surface area contributed by atoms with Gasteiger partial charge in [0.25, 0.3) is 0 Å². The molecule has 140 valence electrons. The molecule has 0 unspecified atom stereocenters. The van der Waals surface area contributed by atoms with E-state index in [-0.39, 0.29) is 17.3 Å². The highest BCUT2D eigenvalue weighted by Crippen LogP contribution is 2.40. The van der Waals surface area contributed by atoms with Gasteiger partial charge in [-0.25, -0.2) is 4.39 Å². The van der Waals surface area contributed by atoms with Crippen LogP contribution in [0.2, 0.25) is 0 Å². The number of hydrogen-bond acceptors (Lipinski definition) is 2. The predicted molar refractivity (Wildman–Crippen MR) is 108 cm³/mol. The Morgan fingerprint density at radius 1 is 0.964 bits per heavy atom. The number of aromatic nitrogens is 1. The average Bonchev–Trinajstić information content (AvgIpc) is 3.00. The minimum atomic E-state index is -0.489. The quantitative estimate of drug-likeness (QED) is 0.347. The summed E-state index contributed by atoms with van der Waals surface area (Å²) in [4.78, 5) is 11.2. The van der Waals surface area contributed by atoms with Gasteiger partial charge in [0.15, 0.2) is 0 Å². The largest absolute Gasteiger partial charge is 0.343 e. The van der Waals surface area contributed by atoms with Gasteiger partial charge in [0.05, 0.1) is 11.6 Å². The molecule has 0 amide bonds. The Bertz CT molecular complexity index is 1130. The third kappa shape index (κ3) is 3.16. The zero-order valence-electron chi connectivity index (χ0n) is 15.4. The van der Waals surface area contributed by atoms with Gasteiger partial charge in [-0.2, -0.15) is 0 Å². The van der Waals surface area contributed by atoms with Crippen LogP contribution in [0.15, 0.2) is 78.9 Å². The van der Waals surface area contributed by atoms with Gasteiger partial charge < -0.3 is 4.57 Å². The lowest BCUT2D eigenvalue weighted by Gasteiger charge is -2.17. The lowest BCUT2D eigenvalue weighted by atomic mass is 9.87. The topological polar surface area (TPSA) is 48.1 Å². The summed E-state index contributed by atoms with van der Waals surface area (Å²) in [7, 11) is 1.97. The fraction of sp³-hybridized carbons (Fsp3) is 0.130. The number of hydrogen-bond donors (Lipinski definition) is 0. The van der Waals surface area contributed by atoms with Crippen LogP contribution in [-0.2, 0) is 7.05 Å². The maximum absolute atomic E-state index is 13.5. The third-order valence-corrected chi connectivity index (χ3v) is 5.15. The number of aryl methyl sites for hydroxylation is 1. The Hall–Kier alpha value is -3.47. The molecule has 0 saturated carbocycles. The summed E-state index contributed by atoms with van der Waals surface area (Å²) in [5.74, 6) is -0.846. The van der Waals surface area contributed by atoms with Crippen molar-refractivity contribution in [2.24, 2.45) is 7.05 Å². The molecule has 0 aliphatic rings. The molecule has 1 heterocycles. The molecular weight excluding hydrogens is 355 g/mol. The lowest BCUT2D eigenvalue weighted by Crippen LogP contribution is -2.15. The van der Waals surface area contributed by atoms with E-state index in [1.165, 1.54) is 12.1 Å². The first-order chi connectivity index (χ1) is 13.6. The van der Waals surface area contributed by atoms with E-state index < -0.39 is 5.92 Å². The zero-order chi connectivity index (χ0) is 19.7. The van der Waals surface area contributed by atoms with E-state index >= 15 is 0 Å². The smallest absolute Gasteiger partial charge is 0.214 e. The maximum Gasteiger partial charge on any atom is 0.214 e. The van der Waals surface area contributed by atoms with Crippen molar-refractivity contribution in [3.63, 3.8) is 0 Å². The number of rotatable bonds is 5. The molecule has 4 nitrogen and oxygen atoms in total. The Morgan fingerprint density at radius 2 is 1.61 bits per heavy atom. The summed E-state index contributed by atoms with van der Waals surface area (Å²) < 4.78 is 15.6. The minimum Gasteiger partial charge on any atom is -0.343 e. The van der Waals surface area contributed by atoms with Crippen LogP contribution < -0.4 is 0 Å². The van der Waals surface area contributed by atoms with Gasteiger partial charge in [0, 0.05) is 22.9 Å². The van der Waals surface area contributed by atoms with Crippen LogP contribution in [0.3, 0.4) is 0 Å². The Labute approximate surface area is 162 Å². The molecule has 1 atom stereocenters. The molecular formula is C23H19FN2O2. The summed E-state index contributed by atoms with van der Waals surface area (Å²) >= 11 is 0. The number of nitro groups is 1. The van der Waals surface area contributed by atoms with Crippen molar-refractivity contribution in [3.05, 3.63) is 106 Å². The third-order valence-electron chi connectivity index (χ3n) is 5.15. The zero-order valence-corrected chi connectivity index (χ0v) is 15.4. The Balaban J connectivity index is 2.04. The number of nitrogens with zero attached hydrogens (tertiary/aromatic N) is 2. The predicted octanol–water partition coefficient (Wildman–Crippen LogP) is 5.39. The summed E-state index contributed by atoms with van der Waals surface area (Å²) in [5, 5.41) is 12.5. The summed E-state index contributed by atoms with van der Waals surface area (Å²) in [6.07, 6.45) is 0. The molecule has 0 bridgehead atoms.